The van der Waals surface area contributed by atoms with Gasteiger partial charge in [0.05, 0.1) is 18.1 Å². The standard InChI is InChI=1S/C21H25N3O4/c1-15-4-5-18(16(2)12-15)14-22(3)21(25)17-6-7-19(20(13-17)24(26)27)23-8-10-28-11-9-23/h4-7,12-13H,8-11,14H2,1-3H3. The Morgan fingerprint density at radius 2 is 1.89 bits per heavy atom. The van der Waals surface area contributed by atoms with Crippen LogP contribution in [0.1, 0.15) is 27.0 Å². The number of morpholine rings is 1. The van der Waals surface area contributed by atoms with Crippen LogP contribution in [0.5, 0.6) is 0 Å². The molecule has 0 spiro atoms. The summed E-state index contributed by atoms with van der Waals surface area (Å²) in [5.74, 6) is -0.239. The largest absolute Gasteiger partial charge is 0.378 e. The lowest BCUT2D eigenvalue weighted by Crippen LogP contribution is -2.36. The fourth-order valence-corrected chi connectivity index (χ4v) is 3.45. The molecule has 1 fully saturated rings. The molecular weight excluding hydrogens is 358 g/mol. The van der Waals surface area contributed by atoms with Crippen molar-refractivity contribution in [3.05, 3.63) is 68.8 Å². The number of carbonyl (C=O) groups is 1. The Hall–Kier alpha value is -2.93. The van der Waals surface area contributed by atoms with E-state index in [1.165, 1.54) is 11.6 Å². The summed E-state index contributed by atoms with van der Waals surface area (Å²) >= 11 is 0. The molecule has 28 heavy (non-hydrogen) atoms. The maximum atomic E-state index is 12.9. The number of amides is 1. The number of rotatable bonds is 5. The van der Waals surface area contributed by atoms with Crippen LogP contribution in [-0.2, 0) is 11.3 Å². The van der Waals surface area contributed by atoms with E-state index in [1.807, 2.05) is 30.9 Å². The van der Waals surface area contributed by atoms with E-state index in [1.54, 1.807) is 24.1 Å². The van der Waals surface area contributed by atoms with E-state index in [9.17, 15) is 14.9 Å². The maximum absolute atomic E-state index is 12.9. The fraction of sp³-hybridized carbons (Fsp3) is 0.381. The Morgan fingerprint density at radius 3 is 2.54 bits per heavy atom. The Morgan fingerprint density at radius 1 is 1.18 bits per heavy atom. The summed E-state index contributed by atoms with van der Waals surface area (Å²) in [5, 5.41) is 11.6. The number of nitro benzene ring substituents is 1. The minimum atomic E-state index is -0.425. The van der Waals surface area contributed by atoms with Gasteiger partial charge >= 0.3 is 0 Å². The lowest BCUT2D eigenvalue weighted by Gasteiger charge is -2.28. The molecule has 0 aromatic heterocycles. The summed E-state index contributed by atoms with van der Waals surface area (Å²) in [7, 11) is 1.71. The van der Waals surface area contributed by atoms with E-state index >= 15 is 0 Å². The van der Waals surface area contributed by atoms with Gasteiger partial charge in [0.2, 0.25) is 0 Å². The molecule has 7 nitrogen and oxygen atoms in total. The number of nitro groups is 1. The number of hydrogen-bond donors (Lipinski definition) is 0. The average molecular weight is 383 g/mol. The van der Waals surface area contributed by atoms with Crippen LogP contribution in [0.15, 0.2) is 36.4 Å². The highest BCUT2D eigenvalue weighted by atomic mass is 16.6. The predicted molar refractivity (Wildman–Crippen MR) is 108 cm³/mol. The summed E-state index contributed by atoms with van der Waals surface area (Å²) < 4.78 is 5.32. The number of carbonyl (C=O) groups excluding carboxylic acids is 1. The molecule has 1 aliphatic heterocycles. The van der Waals surface area contributed by atoms with E-state index in [0.717, 1.165) is 11.1 Å². The van der Waals surface area contributed by atoms with Crippen molar-refractivity contribution in [3.8, 4) is 0 Å². The van der Waals surface area contributed by atoms with E-state index in [4.69, 9.17) is 4.74 Å². The zero-order chi connectivity index (χ0) is 20.3. The molecule has 0 atom stereocenters. The monoisotopic (exact) mass is 383 g/mol. The van der Waals surface area contributed by atoms with Crippen molar-refractivity contribution in [2.75, 3.05) is 38.3 Å². The summed E-state index contributed by atoms with van der Waals surface area (Å²) in [4.78, 5) is 27.5. The second-order valence-corrected chi connectivity index (χ2v) is 7.15. The van der Waals surface area contributed by atoms with E-state index in [0.29, 0.717) is 44.1 Å². The molecule has 1 heterocycles. The molecule has 3 rings (SSSR count). The summed E-state index contributed by atoms with van der Waals surface area (Å²) in [5.41, 5.74) is 4.14. The Balaban J connectivity index is 1.82. The van der Waals surface area contributed by atoms with Gasteiger partial charge in [0.15, 0.2) is 0 Å². The van der Waals surface area contributed by atoms with Crippen LogP contribution in [0.4, 0.5) is 11.4 Å². The first-order valence-corrected chi connectivity index (χ1v) is 9.29. The molecule has 1 amide bonds. The molecule has 0 unspecified atom stereocenters. The summed E-state index contributed by atoms with van der Waals surface area (Å²) in [6.45, 7) is 6.77. The highest BCUT2D eigenvalue weighted by Gasteiger charge is 2.24. The van der Waals surface area contributed by atoms with Gasteiger partial charge < -0.3 is 14.5 Å². The van der Waals surface area contributed by atoms with Gasteiger partial charge in [0, 0.05) is 38.3 Å². The first kappa shape index (κ1) is 19.8. The third-order valence-corrected chi connectivity index (χ3v) is 5.02. The number of benzene rings is 2. The number of hydrogen-bond acceptors (Lipinski definition) is 5. The smallest absolute Gasteiger partial charge is 0.293 e. The van der Waals surface area contributed by atoms with Crippen LogP contribution in [0.3, 0.4) is 0 Å². The molecule has 0 N–H and O–H groups in total. The number of ether oxygens (including phenoxy) is 1. The van der Waals surface area contributed by atoms with E-state index in [-0.39, 0.29) is 11.6 Å². The Bertz CT molecular complexity index is 891. The maximum Gasteiger partial charge on any atom is 0.293 e. The first-order chi connectivity index (χ1) is 13.4. The Kier molecular flexibility index (Phi) is 5.94. The molecule has 1 aliphatic rings. The van der Waals surface area contributed by atoms with Crippen molar-refractivity contribution in [3.63, 3.8) is 0 Å². The van der Waals surface area contributed by atoms with Crippen molar-refractivity contribution in [2.45, 2.75) is 20.4 Å². The molecule has 0 bridgehead atoms. The van der Waals surface area contributed by atoms with Crippen LogP contribution < -0.4 is 4.90 Å². The van der Waals surface area contributed by atoms with Crippen molar-refractivity contribution in [2.24, 2.45) is 0 Å². The zero-order valence-corrected chi connectivity index (χ0v) is 16.5. The second kappa shape index (κ2) is 8.39. The lowest BCUT2D eigenvalue weighted by molar-refractivity contribution is -0.384. The summed E-state index contributed by atoms with van der Waals surface area (Å²) in [6.07, 6.45) is 0. The third kappa shape index (κ3) is 4.31. The van der Waals surface area contributed by atoms with Crippen molar-refractivity contribution in [1.29, 1.82) is 0 Å². The van der Waals surface area contributed by atoms with E-state index in [2.05, 4.69) is 6.07 Å². The molecule has 7 heteroatoms. The van der Waals surface area contributed by atoms with Crippen molar-refractivity contribution >= 4 is 17.3 Å². The van der Waals surface area contributed by atoms with Crippen LogP contribution >= 0.6 is 0 Å². The van der Waals surface area contributed by atoms with Gasteiger partial charge in [0.1, 0.15) is 5.69 Å². The molecule has 2 aromatic carbocycles. The molecule has 0 aliphatic carbocycles. The number of aryl methyl sites for hydroxylation is 2. The van der Waals surface area contributed by atoms with Gasteiger partial charge in [-0.05, 0) is 37.1 Å². The predicted octanol–water partition coefficient (Wildman–Crippen LogP) is 3.32. The van der Waals surface area contributed by atoms with Gasteiger partial charge in [-0.2, -0.15) is 0 Å². The SMILES string of the molecule is Cc1ccc(CN(C)C(=O)c2ccc(N3CCOCC3)c([N+](=O)[O-])c2)c(C)c1. The second-order valence-electron chi connectivity index (χ2n) is 7.15. The van der Waals surface area contributed by atoms with Crippen molar-refractivity contribution in [1.82, 2.24) is 4.90 Å². The fourth-order valence-electron chi connectivity index (χ4n) is 3.45. The molecule has 2 aromatic rings. The van der Waals surface area contributed by atoms with Crippen LogP contribution in [-0.4, -0.2) is 49.1 Å². The number of nitrogens with zero attached hydrogens (tertiary/aromatic N) is 3. The Labute approximate surface area is 164 Å². The molecule has 1 saturated heterocycles. The molecule has 148 valence electrons. The van der Waals surface area contributed by atoms with E-state index < -0.39 is 4.92 Å². The highest BCUT2D eigenvalue weighted by Crippen LogP contribution is 2.30. The van der Waals surface area contributed by atoms with Crippen LogP contribution in [0.25, 0.3) is 0 Å². The summed E-state index contributed by atoms with van der Waals surface area (Å²) in [6, 6.07) is 10.8. The van der Waals surface area contributed by atoms with Gasteiger partial charge in [-0.25, -0.2) is 0 Å². The molecular formula is C21H25N3O4. The highest BCUT2D eigenvalue weighted by molar-refractivity contribution is 5.95. The zero-order valence-electron chi connectivity index (χ0n) is 16.5. The molecule has 0 saturated carbocycles. The van der Waals surface area contributed by atoms with Crippen LogP contribution in [0, 0.1) is 24.0 Å². The van der Waals surface area contributed by atoms with Gasteiger partial charge in [-0.3, -0.25) is 14.9 Å². The minimum Gasteiger partial charge on any atom is -0.378 e. The topological polar surface area (TPSA) is 75.9 Å². The normalized spacial score (nSPS) is 14.0. The first-order valence-electron chi connectivity index (χ1n) is 9.29. The van der Waals surface area contributed by atoms with Crippen molar-refractivity contribution < 1.29 is 14.5 Å². The van der Waals surface area contributed by atoms with Crippen LogP contribution in [0.2, 0.25) is 0 Å². The average Bonchev–Trinajstić information content (AvgIpc) is 2.69. The van der Waals surface area contributed by atoms with Gasteiger partial charge in [-0.15, -0.1) is 0 Å². The minimum absolute atomic E-state index is 0.0485. The van der Waals surface area contributed by atoms with Gasteiger partial charge in [-0.1, -0.05) is 23.8 Å². The quantitative estimate of drug-likeness (QED) is 0.585. The lowest BCUT2D eigenvalue weighted by atomic mass is 10.0. The molecule has 0 radical (unpaired) electrons. The third-order valence-electron chi connectivity index (χ3n) is 5.02. The van der Waals surface area contributed by atoms with Gasteiger partial charge in [0.25, 0.3) is 11.6 Å². The number of anilines is 1.